The van der Waals surface area contributed by atoms with Gasteiger partial charge in [0.1, 0.15) is 0 Å². The van der Waals surface area contributed by atoms with E-state index in [1.54, 1.807) is 13.0 Å². The Hall–Kier alpha value is -2.68. The Morgan fingerprint density at radius 1 is 1.00 bits per heavy atom. The lowest BCUT2D eigenvalue weighted by Gasteiger charge is -2.16. The summed E-state index contributed by atoms with van der Waals surface area (Å²) in [7, 11) is -3.86. The van der Waals surface area contributed by atoms with Crippen molar-refractivity contribution in [2.24, 2.45) is 5.14 Å². The zero-order valence-electron chi connectivity index (χ0n) is 16.9. The van der Waals surface area contributed by atoms with Crippen LogP contribution in [0.1, 0.15) is 32.6 Å². The van der Waals surface area contributed by atoms with E-state index in [9.17, 15) is 26.4 Å². The Labute approximate surface area is 188 Å². The van der Waals surface area contributed by atoms with Gasteiger partial charge in [-0.25, -0.2) is 13.6 Å². The zero-order valence-corrected chi connectivity index (χ0v) is 18.5. The van der Waals surface area contributed by atoms with Crippen LogP contribution in [0.2, 0.25) is 0 Å². The molecule has 0 saturated carbocycles. The second-order valence-electron chi connectivity index (χ2n) is 7.29. The fraction of sp³-hybridized carbons (Fsp3) is 0.174. The summed E-state index contributed by atoms with van der Waals surface area (Å²) in [5, 5.41) is 5.15. The summed E-state index contributed by atoms with van der Waals surface area (Å²) < 4.78 is 63.3. The van der Waals surface area contributed by atoms with Crippen LogP contribution in [-0.4, -0.2) is 14.2 Å². The van der Waals surface area contributed by atoms with Crippen molar-refractivity contribution in [1.29, 1.82) is 0 Å². The summed E-state index contributed by atoms with van der Waals surface area (Å²) in [5.74, 6) is -0.361. The summed E-state index contributed by atoms with van der Waals surface area (Å²) in [4.78, 5) is 12.8. The maximum atomic E-state index is 13.4. The molecule has 0 radical (unpaired) electrons. The molecule has 0 aromatic heterocycles. The fourth-order valence-electron chi connectivity index (χ4n) is 3.53. The molecule has 0 amide bonds. The number of carbonyl (C=O) groups is 1. The number of hydrogen-bond donors (Lipinski definition) is 1. The summed E-state index contributed by atoms with van der Waals surface area (Å²) in [6.07, 6.45) is -4.55. The highest BCUT2D eigenvalue weighted by Crippen LogP contribution is 2.38. The van der Waals surface area contributed by atoms with Gasteiger partial charge in [0.25, 0.3) is 0 Å². The molecule has 0 spiro atoms. The number of hydrogen-bond acceptors (Lipinski definition) is 3. The number of benzene rings is 3. The molecule has 0 fully saturated rings. The number of rotatable bonds is 6. The largest absolute Gasteiger partial charge is 0.417 e. The smallest absolute Gasteiger partial charge is 0.294 e. The standard InChI is InChI=1S/C23H19ClF3NO3S/c1-14-10-15(6-9-22(14)32(28,30)31)11-21(29)16-7-8-18(17(12-16)13-24)19-4-2-3-5-20(19)23(25,26)27/h2-10,12H,11,13H2,1H3,(H2,28,30,31). The van der Waals surface area contributed by atoms with Crippen LogP contribution in [0.25, 0.3) is 11.1 Å². The lowest BCUT2D eigenvalue weighted by molar-refractivity contribution is -0.137. The number of sulfonamides is 1. The Kier molecular flexibility index (Phi) is 6.78. The van der Waals surface area contributed by atoms with Crippen molar-refractivity contribution >= 4 is 27.4 Å². The first kappa shape index (κ1) is 24.0. The molecule has 0 aliphatic rings. The molecule has 2 N–H and O–H groups in total. The first-order chi connectivity index (χ1) is 14.9. The molecule has 3 aromatic carbocycles. The van der Waals surface area contributed by atoms with Crippen LogP contribution >= 0.6 is 11.6 Å². The van der Waals surface area contributed by atoms with Gasteiger partial charge >= 0.3 is 6.18 Å². The van der Waals surface area contributed by atoms with Crippen LogP contribution in [0.5, 0.6) is 0 Å². The highest BCUT2D eigenvalue weighted by molar-refractivity contribution is 7.89. The number of Topliss-reactive ketones (excluding diaryl/α,β-unsaturated/α-hetero) is 1. The van der Waals surface area contributed by atoms with Crippen molar-refractivity contribution in [2.75, 3.05) is 0 Å². The molecule has 0 saturated heterocycles. The van der Waals surface area contributed by atoms with E-state index >= 15 is 0 Å². The molecule has 3 aromatic rings. The Bertz CT molecular complexity index is 1290. The summed E-state index contributed by atoms with van der Waals surface area (Å²) in [6.45, 7) is 1.58. The van der Waals surface area contributed by atoms with E-state index in [0.29, 0.717) is 27.8 Å². The van der Waals surface area contributed by atoms with Gasteiger partial charge in [-0.05, 0) is 52.9 Å². The Balaban J connectivity index is 1.93. The molecule has 0 bridgehead atoms. The normalized spacial score (nSPS) is 12.1. The average Bonchev–Trinajstić information content (AvgIpc) is 2.71. The van der Waals surface area contributed by atoms with Crippen molar-refractivity contribution in [3.63, 3.8) is 0 Å². The Morgan fingerprint density at radius 2 is 1.69 bits per heavy atom. The number of halogens is 4. The van der Waals surface area contributed by atoms with Crippen molar-refractivity contribution in [2.45, 2.75) is 30.3 Å². The number of aryl methyl sites for hydroxylation is 1. The first-order valence-corrected chi connectivity index (χ1v) is 11.5. The predicted octanol–water partition coefficient (Wildman–Crippen LogP) is 5.49. The molecule has 9 heteroatoms. The van der Waals surface area contributed by atoms with Gasteiger partial charge in [0.2, 0.25) is 10.0 Å². The van der Waals surface area contributed by atoms with Gasteiger partial charge in [0.05, 0.1) is 10.5 Å². The van der Waals surface area contributed by atoms with Crippen LogP contribution in [0.4, 0.5) is 13.2 Å². The van der Waals surface area contributed by atoms with Gasteiger partial charge in [0, 0.05) is 17.9 Å². The minimum absolute atomic E-state index is 0.0103. The van der Waals surface area contributed by atoms with E-state index in [4.69, 9.17) is 16.7 Å². The minimum atomic E-state index is -4.53. The third-order valence-corrected chi connectivity index (χ3v) is 6.36. The maximum Gasteiger partial charge on any atom is 0.417 e. The van der Waals surface area contributed by atoms with E-state index in [1.807, 2.05) is 0 Å². The third kappa shape index (κ3) is 5.20. The van der Waals surface area contributed by atoms with Gasteiger partial charge in [-0.3, -0.25) is 4.79 Å². The quantitative estimate of drug-likeness (QED) is 0.373. The second kappa shape index (κ2) is 9.05. The molecule has 168 valence electrons. The molecule has 0 atom stereocenters. The first-order valence-electron chi connectivity index (χ1n) is 9.43. The summed E-state index contributed by atoms with van der Waals surface area (Å²) in [5.41, 5.74) is 1.20. The highest BCUT2D eigenvalue weighted by atomic mass is 35.5. The van der Waals surface area contributed by atoms with Gasteiger partial charge in [-0.2, -0.15) is 13.2 Å². The van der Waals surface area contributed by atoms with E-state index in [2.05, 4.69) is 0 Å². The monoisotopic (exact) mass is 481 g/mol. The molecule has 4 nitrogen and oxygen atoms in total. The van der Waals surface area contributed by atoms with E-state index in [1.165, 1.54) is 48.5 Å². The number of alkyl halides is 4. The summed E-state index contributed by atoms with van der Waals surface area (Å²) >= 11 is 6.01. The zero-order chi connectivity index (χ0) is 23.7. The van der Waals surface area contributed by atoms with Crippen LogP contribution < -0.4 is 5.14 Å². The highest BCUT2D eigenvalue weighted by Gasteiger charge is 2.33. The number of carbonyl (C=O) groups excluding carboxylic acids is 1. The van der Waals surface area contributed by atoms with Gasteiger partial charge in [-0.15, -0.1) is 11.6 Å². The van der Waals surface area contributed by atoms with Crippen molar-refractivity contribution < 1.29 is 26.4 Å². The molecule has 0 unspecified atom stereocenters. The van der Waals surface area contributed by atoms with E-state index < -0.39 is 21.8 Å². The van der Waals surface area contributed by atoms with Crippen molar-refractivity contribution in [3.8, 4) is 11.1 Å². The SMILES string of the molecule is Cc1cc(CC(=O)c2ccc(-c3ccccc3C(F)(F)F)c(CCl)c2)ccc1S(N)(=O)=O. The lowest BCUT2D eigenvalue weighted by Crippen LogP contribution is -2.14. The number of primary sulfonamides is 1. The maximum absolute atomic E-state index is 13.4. The lowest BCUT2D eigenvalue weighted by atomic mass is 9.92. The van der Waals surface area contributed by atoms with Crippen LogP contribution in [-0.2, 0) is 28.5 Å². The van der Waals surface area contributed by atoms with Crippen LogP contribution in [0.15, 0.2) is 65.6 Å². The fourth-order valence-corrected chi connectivity index (χ4v) is 4.52. The molecular weight excluding hydrogens is 463 g/mol. The van der Waals surface area contributed by atoms with Crippen molar-refractivity contribution in [1.82, 2.24) is 0 Å². The van der Waals surface area contributed by atoms with E-state index in [0.717, 1.165) is 6.07 Å². The molecule has 32 heavy (non-hydrogen) atoms. The molecule has 0 aliphatic heterocycles. The van der Waals surface area contributed by atoms with Gasteiger partial charge in [0.15, 0.2) is 5.78 Å². The third-order valence-electron chi connectivity index (χ3n) is 5.00. The number of ketones is 1. The predicted molar refractivity (Wildman–Crippen MR) is 117 cm³/mol. The molecule has 0 aliphatic carbocycles. The van der Waals surface area contributed by atoms with Gasteiger partial charge < -0.3 is 0 Å². The topological polar surface area (TPSA) is 77.2 Å². The Morgan fingerprint density at radius 3 is 2.28 bits per heavy atom. The van der Waals surface area contributed by atoms with E-state index in [-0.39, 0.29) is 28.5 Å². The second-order valence-corrected chi connectivity index (χ2v) is 9.09. The summed E-state index contributed by atoms with van der Waals surface area (Å²) in [6, 6.07) is 14.0. The molecule has 3 rings (SSSR count). The number of nitrogens with two attached hydrogens (primary N) is 1. The van der Waals surface area contributed by atoms with Crippen molar-refractivity contribution in [3.05, 3.63) is 88.5 Å². The van der Waals surface area contributed by atoms with Crippen LogP contribution in [0.3, 0.4) is 0 Å². The van der Waals surface area contributed by atoms with Gasteiger partial charge in [-0.1, -0.05) is 42.5 Å². The average molecular weight is 482 g/mol. The molecule has 0 heterocycles. The van der Waals surface area contributed by atoms with Crippen LogP contribution in [0, 0.1) is 6.92 Å². The molecular formula is C23H19ClF3NO3S. The minimum Gasteiger partial charge on any atom is -0.294 e.